The number of para-hydroxylation sites is 2. The Bertz CT molecular complexity index is 1870. The first-order valence-electron chi connectivity index (χ1n) is 13.6. The van der Waals surface area contributed by atoms with Crippen LogP contribution in [-0.4, -0.2) is 0 Å². The molecule has 0 N–H and O–H groups in total. The molecule has 7 rings (SSSR count). The lowest BCUT2D eigenvalue weighted by Crippen LogP contribution is -1.93. The van der Waals surface area contributed by atoms with Crippen molar-refractivity contribution in [1.82, 2.24) is 0 Å². The number of rotatable bonds is 6. The van der Waals surface area contributed by atoms with Gasteiger partial charge in [0.05, 0.1) is 0 Å². The molecule has 0 saturated heterocycles. The highest BCUT2D eigenvalue weighted by Crippen LogP contribution is 2.48. The summed E-state index contributed by atoms with van der Waals surface area (Å²) in [5, 5.41) is 5.37. The number of benzene rings is 7. The van der Waals surface area contributed by atoms with E-state index in [2.05, 4.69) is 36.4 Å². The number of fused-ring (bicyclic) bond motifs is 2. The Hall–Kier alpha value is -4.76. The zero-order valence-corrected chi connectivity index (χ0v) is 23.9. The smallest absolute Gasteiger partial charge is 0.127 e. The fourth-order valence-electron chi connectivity index (χ4n) is 5.47. The van der Waals surface area contributed by atoms with E-state index in [4.69, 9.17) is 32.7 Å². The molecular formula is C38H24Cl2O2. The molecule has 0 atom stereocenters. The maximum Gasteiger partial charge on any atom is 0.127 e. The molecule has 0 aromatic heterocycles. The molecule has 0 aliphatic heterocycles. The summed E-state index contributed by atoms with van der Waals surface area (Å²) in [7, 11) is 0. The number of ether oxygens (including phenoxy) is 2. The van der Waals surface area contributed by atoms with Gasteiger partial charge in [-0.3, -0.25) is 0 Å². The summed E-state index contributed by atoms with van der Waals surface area (Å²) in [5.41, 5.74) is 4.12. The molecule has 0 aliphatic carbocycles. The minimum atomic E-state index is 0.680. The van der Waals surface area contributed by atoms with E-state index in [1.54, 1.807) is 0 Å². The van der Waals surface area contributed by atoms with Crippen molar-refractivity contribution in [2.45, 2.75) is 0 Å². The van der Waals surface area contributed by atoms with E-state index in [-0.39, 0.29) is 0 Å². The van der Waals surface area contributed by atoms with Gasteiger partial charge in [0.25, 0.3) is 0 Å². The minimum Gasteiger partial charge on any atom is -0.457 e. The molecule has 0 heterocycles. The molecule has 0 unspecified atom stereocenters. The fraction of sp³-hybridized carbons (Fsp3) is 0. The first-order valence-corrected chi connectivity index (χ1v) is 14.4. The molecule has 42 heavy (non-hydrogen) atoms. The molecule has 0 spiro atoms. The standard InChI is InChI=1S/C38H24Cl2O2/c39-33-15-8-14-32-36(26-19-23-30(24-20-26)42-28-11-5-2-6-12-28)38-31(13-7-16-34(38)40)35(37(32)33)25-17-21-29(22-18-25)41-27-9-3-1-4-10-27/h1-24H. The molecule has 7 aromatic rings. The van der Waals surface area contributed by atoms with Crippen LogP contribution in [-0.2, 0) is 0 Å². The summed E-state index contributed by atoms with van der Waals surface area (Å²) in [5.74, 6) is 3.11. The zero-order chi connectivity index (χ0) is 28.5. The van der Waals surface area contributed by atoms with Gasteiger partial charge in [0.2, 0.25) is 0 Å². The van der Waals surface area contributed by atoms with E-state index in [1.165, 1.54) is 0 Å². The Morgan fingerprint density at radius 1 is 0.333 bits per heavy atom. The average molecular weight is 584 g/mol. The van der Waals surface area contributed by atoms with Crippen LogP contribution in [0.5, 0.6) is 23.0 Å². The number of halogens is 2. The van der Waals surface area contributed by atoms with Crippen LogP contribution >= 0.6 is 23.2 Å². The van der Waals surface area contributed by atoms with Gasteiger partial charge < -0.3 is 9.47 Å². The van der Waals surface area contributed by atoms with E-state index in [0.29, 0.717) is 10.0 Å². The fourth-order valence-corrected chi connectivity index (χ4v) is 6.01. The first kappa shape index (κ1) is 26.2. The van der Waals surface area contributed by atoms with E-state index in [0.717, 1.165) is 66.8 Å². The Labute approximate surface area is 254 Å². The van der Waals surface area contributed by atoms with Gasteiger partial charge in [-0.15, -0.1) is 0 Å². The van der Waals surface area contributed by atoms with Crippen molar-refractivity contribution >= 4 is 44.7 Å². The van der Waals surface area contributed by atoms with Crippen LogP contribution in [0.1, 0.15) is 0 Å². The van der Waals surface area contributed by atoms with Crippen molar-refractivity contribution in [2.75, 3.05) is 0 Å². The van der Waals surface area contributed by atoms with E-state index < -0.39 is 0 Å². The molecule has 0 fully saturated rings. The van der Waals surface area contributed by atoms with Gasteiger partial charge in [0, 0.05) is 20.8 Å². The maximum atomic E-state index is 6.99. The van der Waals surface area contributed by atoms with Crippen molar-refractivity contribution in [3.63, 3.8) is 0 Å². The van der Waals surface area contributed by atoms with E-state index in [9.17, 15) is 0 Å². The van der Waals surface area contributed by atoms with Gasteiger partial charge in [-0.05, 0) is 93.7 Å². The molecule has 0 bridgehead atoms. The highest BCUT2D eigenvalue weighted by Gasteiger charge is 2.20. The Morgan fingerprint density at radius 3 is 1.07 bits per heavy atom. The average Bonchev–Trinajstić information content (AvgIpc) is 3.02. The summed E-state index contributed by atoms with van der Waals surface area (Å²) in [4.78, 5) is 0. The Kier molecular flexibility index (Phi) is 7.01. The van der Waals surface area contributed by atoms with Crippen LogP contribution in [0.4, 0.5) is 0 Å². The minimum absolute atomic E-state index is 0.680. The molecule has 0 amide bonds. The third kappa shape index (κ3) is 4.96. The summed E-state index contributed by atoms with van der Waals surface area (Å²) in [6, 6.07) is 47.9. The summed E-state index contributed by atoms with van der Waals surface area (Å²) in [6.07, 6.45) is 0. The lowest BCUT2D eigenvalue weighted by Gasteiger charge is -2.20. The van der Waals surface area contributed by atoms with Gasteiger partial charge in [-0.25, -0.2) is 0 Å². The normalized spacial score (nSPS) is 11.1. The van der Waals surface area contributed by atoms with Crippen molar-refractivity contribution in [2.24, 2.45) is 0 Å². The zero-order valence-electron chi connectivity index (χ0n) is 22.4. The second kappa shape index (κ2) is 11.3. The SMILES string of the molecule is Clc1cccc2c(-c3ccc(Oc4ccccc4)cc3)c3c(Cl)cccc3c(-c3ccc(Oc4ccccc4)cc3)c12. The summed E-state index contributed by atoms with van der Waals surface area (Å²) in [6.45, 7) is 0. The van der Waals surface area contributed by atoms with Gasteiger partial charge in [0.1, 0.15) is 23.0 Å². The number of hydrogen-bond donors (Lipinski definition) is 0. The summed E-state index contributed by atoms with van der Waals surface area (Å²) < 4.78 is 12.1. The van der Waals surface area contributed by atoms with E-state index in [1.807, 2.05) is 109 Å². The quantitative estimate of drug-likeness (QED) is 0.181. The molecule has 0 radical (unpaired) electrons. The molecule has 202 valence electrons. The van der Waals surface area contributed by atoms with Crippen molar-refractivity contribution in [3.8, 4) is 45.3 Å². The van der Waals surface area contributed by atoms with Gasteiger partial charge in [0.15, 0.2) is 0 Å². The van der Waals surface area contributed by atoms with Crippen molar-refractivity contribution in [3.05, 3.63) is 156 Å². The predicted octanol–water partition coefficient (Wildman–Crippen LogP) is 12.2. The third-order valence-electron chi connectivity index (χ3n) is 7.31. The summed E-state index contributed by atoms with van der Waals surface area (Å²) >= 11 is 14.0. The van der Waals surface area contributed by atoms with Crippen LogP contribution in [0.2, 0.25) is 10.0 Å². The first-order chi connectivity index (χ1) is 20.7. The second-order valence-electron chi connectivity index (χ2n) is 9.95. The predicted molar refractivity (Wildman–Crippen MR) is 175 cm³/mol. The second-order valence-corrected chi connectivity index (χ2v) is 10.8. The van der Waals surface area contributed by atoms with Crippen LogP contribution in [0.15, 0.2) is 146 Å². The molecule has 2 nitrogen and oxygen atoms in total. The van der Waals surface area contributed by atoms with Gasteiger partial charge >= 0.3 is 0 Å². The molecule has 0 saturated carbocycles. The largest absolute Gasteiger partial charge is 0.457 e. The van der Waals surface area contributed by atoms with Crippen LogP contribution in [0.3, 0.4) is 0 Å². The number of hydrogen-bond acceptors (Lipinski definition) is 2. The van der Waals surface area contributed by atoms with Crippen LogP contribution in [0.25, 0.3) is 43.8 Å². The molecule has 7 aromatic carbocycles. The lowest BCUT2D eigenvalue weighted by atomic mass is 9.86. The molecule has 0 aliphatic rings. The van der Waals surface area contributed by atoms with Crippen LogP contribution < -0.4 is 9.47 Å². The van der Waals surface area contributed by atoms with Crippen molar-refractivity contribution in [1.29, 1.82) is 0 Å². The topological polar surface area (TPSA) is 18.5 Å². The lowest BCUT2D eigenvalue weighted by molar-refractivity contribution is 0.482. The third-order valence-corrected chi connectivity index (χ3v) is 7.94. The monoisotopic (exact) mass is 582 g/mol. The van der Waals surface area contributed by atoms with Gasteiger partial charge in [-0.2, -0.15) is 0 Å². The Balaban J connectivity index is 1.39. The van der Waals surface area contributed by atoms with Crippen LogP contribution in [0, 0.1) is 0 Å². The van der Waals surface area contributed by atoms with Gasteiger partial charge in [-0.1, -0.05) is 108 Å². The highest BCUT2D eigenvalue weighted by atomic mass is 35.5. The highest BCUT2D eigenvalue weighted by molar-refractivity contribution is 6.42. The van der Waals surface area contributed by atoms with E-state index >= 15 is 0 Å². The Morgan fingerprint density at radius 2 is 0.690 bits per heavy atom. The molecular weight excluding hydrogens is 559 g/mol. The van der Waals surface area contributed by atoms with Crippen molar-refractivity contribution < 1.29 is 9.47 Å². The molecule has 4 heteroatoms. The maximum absolute atomic E-state index is 6.99.